The third kappa shape index (κ3) is 4.69. The van der Waals surface area contributed by atoms with Crippen molar-refractivity contribution in [2.45, 2.75) is 24.3 Å². The zero-order valence-corrected chi connectivity index (χ0v) is 16.8. The van der Waals surface area contributed by atoms with Gasteiger partial charge in [-0.15, -0.1) is 0 Å². The summed E-state index contributed by atoms with van der Waals surface area (Å²) in [4.78, 5) is 14.8. The summed E-state index contributed by atoms with van der Waals surface area (Å²) < 4.78 is 27.1. The molecule has 0 spiro atoms. The topological polar surface area (TPSA) is 57.7 Å². The zero-order chi connectivity index (χ0) is 19.4. The van der Waals surface area contributed by atoms with Crippen LogP contribution in [0.15, 0.2) is 59.5 Å². The summed E-state index contributed by atoms with van der Waals surface area (Å²) in [6.45, 7) is 1.14. The predicted molar refractivity (Wildman–Crippen MR) is 106 cm³/mol. The second kappa shape index (κ2) is 8.42. The summed E-state index contributed by atoms with van der Waals surface area (Å²) in [6, 6.07) is 15.7. The molecule has 144 valence electrons. The van der Waals surface area contributed by atoms with E-state index in [1.807, 2.05) is 12.1 Å². The van der Waals surface area contributed by atoms with E-state index in [2.05, 4.69) is 0 Å². The number of amides is 1. The van der Waals surface area contributed by atoms with Gasteiger partial charge in [-0.25, -0.2) is 8.42 Å². The number of nitrogens with zero attached hydrogens (tertiary/aromatic N) is 2. The SMILES string of the molecule is CN(Cc1ccc(Cl)cc1)C(=O)[C@@H]1CCCN(S(=O)(=O)c2ccccc2)C1. The number of rotatable bonds is 5. The average molecular weight is 407 g/mol. The Morgan fingerprint density at radius 3 is 2.48 bits per heavy atom. The van der Waals surface area contributed by atoms with E-state index in [0.29, 0.717) is 31.0 Å². The molecular weight excluding hydrogens is 384 g/mol. The van der Waals surface area contributed by atoms with E-state index in [-0.39, 0.29) is 23.3 Å². The number of hydrogen-bond acceptors (Lipinski definition) is 3. The lowest BCUT2D eigenvalue weighted by molar-refractivity contribution is -0.135. The molecule has 2 aromatic carbocycles. The highest BCUT2D eigenvalue weighted by atomic mass is 35.5. The highest BCUT2D eigenvalue weighted by Gasteiger charge is 2.34. The molecule has 1 fully saturated rings. The average Bonchev–Trinajstić information content (AvgIpc) is 2.70. The molecule has 1 heterocycles. The minimum atomic E-state index is -3.57. The van der Waals surface area contributed by atoms with Crippen molar-refractivity contribution >= 4 is 27.5 Å². The van der Waals surface area contributed by atoms with Gasteiger partial charge in [-0.05, 0) is 42.7 Å². The van der Waals surface area contributed by atoms with Crippen LogP contribution in [0.3, 0.4) is 0 Å². The van der Waals surface area contributed by atoms with Gasteiger partial charge < -0.3 is 4.90 Å². The standard InChI is InChI=1S/C20H23ClN2O3S/c1-22(14-16-9-11-18(21)12-10-16)20(24)17-6-5-13-23(15-17)27(25,26)19-7-3-2-4-8-19/h2-4,7-12,17H,5-6,13-15H2,1H3/t17-/m1/s1. The van der Waals surface area contributed by atoms with Crippen LogP contribution in [0.5, 0.6) is 0 Å². The molecule has 1 saturated heterocycles. The Morgan fingerprint density at radius 2 is 1.81 bits per heavy atom. The van der Waals surface area contributed by atoms with Gasteiger partial charge in [0.15, 0.2) is 0 Å². The lowest BCUT2D eigenvalue weighted by atomic mass is 9.98. The summed E-state index contributed by atoms with van der Waals surface area (Å²) in [5.41, 5.74) is 0.986. The van der Waals surface area contributed by atoms with Crippen LogP contribution in [0.4, 0.5) is 0 Å². The molecule has 0 aliphatic carbocycles. The normalized spacial score (nSPS) is 18.2. The first-order valence-electron chi connectivity index (χ1n) is 8.92. The van der Waals surface area contributed by atoms with Gasteiger partial charge in [0.25, 0.3) is 0 Å². The minimum absolute atomic E-state index is 0.0297. The quantitative estimate of drug-likeness (QED) is 0.764. The van der Waals surface area contributed by atoms with Crippen molar-refractivity contribution in [2.75, 3.05) is 20.1 Å². The van der Waals surface area contributed by atoms with Crippen molar-refractivity contribution in [3.05, 3.63) is 65.2 Å². The van der Waals surface area contributed by atoms with Crippen molar-refractivity contribution in [2.24, 2.45) is 5.92 Å². The molecule has 0 aromatic heterocycles. The van der Waals surface area contributed by atoms with Crippen LogP contribution in [-0.4, -0.2) is 43.7 Å². The number of hydrogen-bond donors (Lipinski definition) is 0. The van der Waals surface area contributed by atoms with E-state index in [1.54, 1.807) is 54.4 Å². The number of sulfonamides is 1. The Morgan fingerprint density at radius 1 is 1.15 bits per heavy atom. The fraction of sp³-hybridized carbons (Fsp3) is 0.350. The van der Waals surface area contributed by atoms with Crippen LogP contribution >= 0.6 is 11.6 Å². The largest absolute Gasteiger partial charge is 0.341 e. The van der Waals surface area contributed by atoms with Crippen LogP contribution in [0, 0.1) is 5.92 Å². The van der Waals surface area contributed by atoms with E-state index < -0.39 is 10.0 Å². The number of benzene rings is 2. The second-order valence-electron chi connectivity index (χ2n) is 6.84. The van der Waals surface area contributed by atoms with Crippen LogP contribution in [-0.2, 0) is 21.4 Å². The maximum atomic E-state index is 12.9. The number of carbonyl (C=O) groups is 1. The third-order valence-corrected chi connectivity index (χ3v) is 6.95. The zero-order valence-electron chi connectivity index (χ0n) is 15.2. The first-order valence-corrected chi connectivity index (χ1v) is 10.7. The van der Waals surface area contributed by atoms with Gasteiger partial charge >= 0.3 is 0 Å². The van der Waals surface area contributed by atoms with Gasteiger partial charge in [0.1, 0.15) is 0 Å². The minimum Gasteiger partial charge on any atom is -0.341 e. The van der Waals surface area contributed by atoms with E-state index >= 15 is 0 Å². The molecule has 27 heavy (non-hydrogen) atoms. The molecule has 3 rings (SSSR count). The first kappa shape index (κ1) is 19.9. The summed E-state index contributed by atoms with van der Waals surface area (Å²) in [5, 5.41) is 0.654. The number of halogens is 1. The molecule has 1 atom stereocenters. The maximum absolute atomic E-state index is 12.9. The van der Waals surface area contributed by atoms with Gasteiger partial charge in [-0.2, -0.15) is 4.31 Å². The third-order valence-electron chi connectivity index (χ3n) is 4.82. The molecule has 0 N–H and O–H groups in total. The molecule has 7 heteroatoms. The summed E-state index contributed by atoms with van der Waals surface area (Å²) in [5.74, 6) is -0.354. The van der Waals surface area contributed by atoms with E-state index in [0.717, 1.165) is 5.56 Å². The highest BCUT2D eigenvalue weighted by Crippen LogP contribution is 2.25. The van der Waals surface area contributed by atoms with Crippen LogP contribution in [0.25, 0.3) is 0 Å². The Kier molecular flexibility index (Phi) is 6.19. The molecule has 0 radical (unpaired) electrons. The van der Waals surface area contributed by atoms with Crippen LogP contribution in [0.2, 0.25) is 5.02 Å². The number of piperidine rings is 1. The first-order chi connectivity index (χ1) is 12.9. The summed E-state index contributed by atoms with van der Waals surface area (Å²) in [6.07, 6.45) is 1.38. The smallest absolute Gasteiger partial charge is 0.243 e. The molecule has 0 saturated carbocycles. The van der Waals surface area contributed by atoms with Gasteiger partial charge in [-0.3, -0.25) is 4.79 Å². The molecule has 0 unspecified atom stereocenters. The van der Waals surface area contributed by atoms with Gasteiger partial charge in [0.2, 0.25) is 15.9 Å². The Balaban J connectivity index is 1.68. The Labute approximate surface area is 165 Å². The maximum Gasteiger partial charge on any atom is 0.243 e. The van der Waals surface area contributed by atoms with Crippen molar-refractivity contribution in [3.63, 3.8) is 0 Å². The number of carbonyl (C=O) groups excluding carboxylic acids is 1. The monoisotopic (exact) mass is 406 g/mol. The van der Waals surface area contributed by atoms with Gasteiger partial charge in [0, 0.05) is 31.7 Å². The van der Waals surface area contributed by atoms with E-state index in [1.165, 1.54) is 4.31 Å². The molecule has 2 aromatic rings. The van der Waals surface area contributed by atoms with Crippen molar-refractivity contribution in [3.8, 4) is 0 Å². The van der Waals surface area contributed by atoms with E-state index in [9.17, 15) is 13.2 Å². The molecule has 1 aliphatic rings. The molecule has 5 nitrogen and oxygen atoms in total. The molecular formula is C20H23ClN2O3S. The van der Waals surface area contributed by atoms with Gasteiger partial charge in [0.05, 0.1) is 10.8 Å². The predicted octanol–water partition coefficient (Wildman–Crippen LogP) is 3.40. The Hall–Kier alpha value is -1.89. The van der Waals surface area contributed by atoms with Gasteiger partial charge in [-0.1, -0.05) is 41.9 Å². The van der Waals surface area contributed by atoms with Crippen LogP contribution in [0.1, 0.15) is 18.4 Å². The van der Waals surface area contributed by atoms with E-state index in [4.69, 9.17) is 11.6 Å². The van der Waals surface area contributed by atoms with Crippen molar-refractivity contribution in [1.29, 1.82) is 0 Å². The summed E-state index contributed by atoms with van der Waals surface area (Å²) in [7, 11) is -1.82. The lowest BCUT2D eigenvalue weighted by Crippen LogP contribution is -2.45. The second-order valence-corrected chi connectivity index (χ2v) is 9.21. The van der Waals surface area contributed by atoms with Crippen molar-refractivity contribution < 1.29 is 13.2 Å². The molecule has 1 amide bonds. The highest BCUT2D eigenvalue weighted by molar-refractivity contribution is 7.89. The molecule has 0 bridgehead atoms. The fourth-order valence-electron chi connectivity index (χ4n) is 3.36. The van der Waals surface area contributed by atoms with Crippen molar-refractivity contribution in [1.82, 2.24) is 9.21 Å². The summed E-state index contributed by atoms with van der Waals surface area (Å²) >= 11 is 5.90. The molecule has 1 aliphatic heterocycles. The van der Waals surface area contributed by atoms with Crippen LogP contribution < -0.4 is 0 Å². The lowest BCUT2D eigenvalue weighted by Gasteiger charge is -2.33. The Bertz CT molecular complexity index is 885. The fourth-order valence-corrected chi connectivity index (χ4v) is 5.03.